The summed E-state index contributed by atoms with van der Waals surface area (Å²) in [7, 11) is 0. The van der Waals surface area contributed by atoms with Gasteiger partial charge in [0, 0.05) is 32.8 Å². The average Bonchev–Trinajstić information content (AvgIpc) is 2.91. The van der Waals surface area contributed by atoms with Crippen molar-refractivity contribution in [3.05, 3.63) is 156 Å². The van der Waals surface area contributed by atoms with Crippen LogP contribution in [-0.4, -0.2) is 31.4 Å². The second-order valence-corrected chi connectivity index (χ2v) is 7.29. The van der Waals surface area contributed by atoms with Gasteiger partial charge in [-0.25, -0.2) is 0 Å². The fourth-order valence-electron chi connectivity index (χ4n) is 3.03. The molecule has 0 saturated heterocycles. The first kappa shape index (κ1) is 27.3. The SMILES string of the molecule is O/C(=C\C(=[OH+])c1ccccc1)c1ccccc1.O/C(=C\C(=[OH+])c1ccccc1)c1ccccc1.[Ti]. The molecule has 0 radical (unpaired) electrons. The molecule has 0 bridgehead atoms. The Morgan fingerprint density at radius 2 is 0.657 bits per heavy atom. The largest absolute Gasteiger partial charge is 0.507 e. The summed E-state index contributed by atoms with van der Waals surface area (Å²) >= 11 is 0. The number of hydrogen-bond acceptors (Lipinski definition) is 2. The number of aliphatic hydroxyl groups excluding tert-OH is 2. The number of aliphatic hydroxyl groups is 2. The minimum atomic E-state index is 0. The zero-order chi connectivity index (χ0) is 24.2. The Bertz CT molecular complexity index is 1160. The number of benzene rings is 4. The van der Waals surface area contributed by atoms with Gasteiger partial charge in [0.25, 0.3) is 0 Å². The second kappa shape index (κ2) is 14.3. The van der Waals surface area contributed by atoms with Crippen LogP contribution in [0.4, 0.5) is 0 Å². The molecule has 0 aromatic heterocycles. The molecule has 4 rings (SSSR count). The predicted molar refractivity (Wildman–Crippen MR) is 139 cm³/mol. The van der Waals surface area contributed by atoms with E-state index >= 15 is 0 Å². The summed E-state index contributed by atoms with van der Waals surface area (Å²) in [6, 6.07) is 36.4. The molecule has 4 N–H and O–H groups in total. The fraction of sp³-hybridized carbons (Fsp3) is 0. The van der Waals surface area contributed by atoms with Crippen molar-refractivity contribution < 1.29 is 41.5 Å². The molecule has 0 saturated carbocycles. The van der Waals surface area contributed by atoms with Gasteiger partial charge in [-0.3, -0.25) is 9.59 Å². The molecule has 0 unspecified atom stereocenters. The summed E-state index contributed by atoms with van der Waals surface area (Å²) < 4.78 is 0. The van der Waals surface area contributed by atoms with Crippen LogP contribution < -0.4 is 0 Å². The maximum atomic E-state index is 9.83. The topological polar surface area (TPSA) is 83.3 Å². The summed E-state index contributed by atoms with van der Waals surface area (Å²) in [4.78, 5) is 19.7. The summed E-state index contributed by atoms with van der Waals surface area (Å²) in [5, 5.41) is 19.7. The van der Waals surface area contributed by atoms with Crippen molar-refractivity contribution in [2.75, 3.05) is 0 Å². The van der Waals surface area contributed by atoms with Crippen LogP contribution >= 0.6 is 0 Å². The van der Waals surface area contributed by atoms with Crippen molar-refractivity contribution in [3.63, 3.8) is 0 Å². The van der Waals surface area contributed by atoms with Crippen LogP contribution in [0.1, 0.15) is 22.3 Å². The first-order valence-corrected chi connectivity index (χ1v) is 10.7. The molecule has 0 aliphatic heterocycles. The first-order chi connectivity index (χ1) is 16.5. The van der Waals surface area contributed by atoms with Crippen LogP contribution in [0.5, 0.6) is 0 Å². The predicted octanol–water partition coefficient (Wildman–Crippen LogP) is 6.35. The molecular weight excluding hydrogens is 472 g/mol. The fourth-order valence-corrected chi connectivity index (χ4v) is 3.03. The van der Waals surface area contributed by atoms with Crippen LogP contribution in [0, 0.1) is 0 Å². The third-order valence-corrected chi connectivity index (χ3v) is 4.83. The molecule has 0 aliphatic carbocycles. The van der Waals surface area contributed by atoms with E-state index in [4.69, 9.17) is 0 Å². The first-order valence-electron chi connectivity index (χ1n) is 10.7. The third kappa shape index (κ3) is 8.71. The maximum absolute atomic E-state index is 9.83. The second-order valence-electron chi connectivity index (χ2n) is 7.29. The van der Waals surface area contributed by atoms with E-state index in [0.717, 1.165) is 0 Å². The monoisotopic (exact) mass is 498 g/mol. The van der Waals surface area contributed by atoms with E-state index < -0.39 is 0 Å². The Morgan fingerprint density at radius 3 is 0.914 bits per heavy atom. The Balaban J connectivity index is 0.000000240. The van der Waals surface area contributed by atoms with Gasteiger partial charge in [0.1, 0.15) is 11.5 Å². The Morgan fingerprint density at radius 1 is 0.429 bits per heavy atom. The molecule has 35 heavy (non-hydrogen) atoms. The maximum Gasteiger partial charge on any atom is 0.350 e. The Kier molecular flexibility index (Phi) is 11.1. The van der Waals surface area contributed by atoms with Crippen molar-refractivity contribution in [2.24, 2.45) is 0 Å². The van der Waals surface area contributed by atoms with Crippen LogP contribution in [0.15, 0.2) is 133 Å². The molecule has 0 fully saturated rings. The average molecular weight is 498 g/mol. The van der Waals surface area contributed by atoms with E-state index in [1.54, 1.807) is 48.5 Å². The number of carbonyl (C=O) groups excluding carboxylic acids is 2. The van der Waals surface area contributed by atoms with E-state index in [1.807, 2.05) is 72.8 Å². The van der Waals surface area contributed by atoms with Gasteiger partial charge >= 0.3 is 11.6 Å². The van der Waals surface area contributed by atoms with E-state index in [0.29, 0.717) is 22.3 Å². The van der Waals surface area contributed by atoms with E-state index in [-0.39, 0.29) is 44.8 Å². The van der Waals surface area contributed by atoms with Gasteiger partial charge in [0.05, 0.1) is 23.3 Å². The molecular formula is C30H26O4Ti+2. The van der Waals surface area contributed by atoms with Crippen LogP contribution in [0.25, 0.3) is 11.5 Å². The quantitative estimate of drug-likeness (QED) is 0.107. The van der Waals surface area contributed by atoms with E-state index in [9.17, 15) is 19.8 Å². The Labute approximate surface area is 219 Å². The molecule has 0 amide bonds. The van der Waals surface area contributed by atoms with Gasteiger partial charge in [-0.05, 0) is 24.3 Å². The minimum absolute atomic E-state index is 0. The normalized spacial score (nSPS) is 10.9. The van der Waals surface area contributed by atoms with Crippen molar-refractivity contribution in [1.29, 1.82) is 0 Å². The van der Waals surface area contributed by atoms with Crippen molar-refractivity contribution in [3.8, 4) is 0 Å². The minimum Gasteiger partial charge on any atom is -0.507 e. The third-order valence-electron chi connectivity index (χ3n) is 4.83. The number of allylic oxidation sites excluding steroid dienone is 2. The van der Waals surface area contributed by atoms with E-state index in [1.165, 1.54) is 12.2 Å². The molecule has 4 nitrogen and oxygen atoms in total. The molecule has 0 atom stereocenters. The van der Waals surface area contributed by atoms with Crippen molar-refractivity contribution >= 4 is 23.1 Å². The molecule has 5 heteroatoms. The van der Waals surface area contributed by atoms with Crippen molar-refractivity contribution in [1.82, 2.24) is 0 Å². The molecule has 0 spiro atoms. The number of hydrogen-bond donors (Lipinski definition) is 2. The smallest absolute Gasteiger partial charge is 0.350 e. The van der Waals surface area contributed by atoms with Gasteiger partial charge in [-0.15, -0.1) is 0 Å². The number of rotatable bonds is 6. The molecule has 0 heterocycles. The molecule has 4 aromatic carbocycles. The number of ketones is 2. The van der Waals surface area contributed by atoms with Gasteiger partial charge < -0.3 is 10.2 Å². The van der Waals surface area contributed by atoms with Gasteiger partial charge in [-0.1, -0.05) is 97.1 Å². The summed E-state index contributed by atoms with van der Waals surface area (Å²) in [6.07, 6.45) is 2.70. The zero-order valence-corrected chi connectivity index (χ0v) is 20.6. The van der Waals surface area contributed by atoms with Crippen LogP contribution in [0.3, 0.4) is 0 Å². The molecule has 0 aliphatic rings. The van der Waals surface area contributed by atoms with Crippen LogP contribution in [0.2, 0.25) is 0 Å². The molecule has 172 valence electrons. The van der Waals surface area contributed by atoms with Gasteiger partial charge in [0.15, 0.2) is 0 Å². The van der Waals surface area contributed by atoms with E-state index in [2.05, 4.69) is 0 Å². The zero-order valence-electron chi connectivity index (χ0n) is 19.0. The summed E-state index contributed by atoms with van der Waals surface area (Å²) in [5.41, 5.74) is 2.70. The van der Waals surface area contributed by atoms with Crippen molar-refractivity contribution in [2.45, 2.75) is 0 Å². The van der Waals surface area contributed by atoms with Gasteiger partial charge in [-0.2, -0.15) is 0 Å². The summed E-state index contributed by atoms with van der Waals surface area (Å²) in [5.74, 6) is 0.192. The standard InChI is InChI=1S/2C15H12O2.Ti/c2*16-14(12-7-3-1-4-8-12)11-15(17)13-9-5-2-6-10-13;/h2*1-11,16H;/p+2/b2*14-11-;. The molecule has 4 aromatic rings. The summed E-state index contributed by atoms with van der Waals surface area (Å²) in [6.45, 7) is 0. The van der Waals surface area contributed by atoms with Gasteiger partial charge in [0.2, 0.25) is 0 Å². The Hall–Kier alpha value is -3.99. The van der Waals surface area contributed by atoms with Crippen LogP contribution in [-0.2, 0) is 21.7 Å².